The van der Waals surface area contributed by atoms with Crippen molar-refractivity contribution in [1.82, 2.24) is 10.2 Å². The van der Waals surface area contributed by atoms with Crippen molar-refractivity contribution in [2.45, 2.75) is 77.9 Å². The maximum absolute atomic E-state index is 6.13. The van der Waals surface area contributed by atoms with Gasteiger partial charge in [-0.05, 0) is 44.9 Å². The van der Waals surface area contributed by atoms with Crippen LogP contribution < -0.4 is 5.32 Å². The second-order valence-electron chi connectivity index (χ2n) is 7.39. The standard InChI is InChI=1S/C20H39N3O2/c1-4-17(5-2)15-22-20(21-6-3)23-12-10-18(11-13-23)25-16-19-9-7-8-14-24-19/h17-19H,4-16H2,1-3H3,(H,21,22). The Morgan fingerprint density at radius 3 is 2.52 bits per heavy atom. The first-order chi connectivity index (χ1) is 12.3. The molecule has 2 fully saturated rings. The van der Waals surface area contributed by atoms with Crippen molar-refractivity contribution >= 4 is 5.96 Å². The molecule has 0 spiro atoms. The van der Waals surface area contributed by atoms with E-state index in [9.17, 15) is 0 Å². The first kappa shape index (κ1) is 20.5. The molecule has 5 nitrogen and oxygen atoms in total. The first-order valence-electron chi connectivity index (χ1n) is 10.5. The van der Waals surface area contributed by atoms with Crippen LogP contribution >= 0.6 is 0 Å². The molecule has 0 amide bonds. The summed E-state index contributed by atoms with van der Waals surface area (Å²) in [6, 6.07) is 0. The number of hydrogen-bond acceptors (Lipinski definition) is 3. The normalized spacial score (nSPS) is 23.3. The maximum Gasteiger partial charge on any atom is 0.193 e. The summed E-state index contributed by atoms with van der Waals surface area (Å²) < 4.78 is 11.9. The monoisotopic (exact) mass is 353 g/mol. The van der Waals surface area contributed by atoms with Crippen LogP contribution in [0.25, 0.3) is 0 Å². The van der Waals surface area contributed by atoms with E-state index in [2.05, 4.69) is 31.0 Å². The summed E-state index contributed by atoms with van der Waals surface area (Å²) in [5.74, 6) is 1.79. The van der Waals surface area contributed by atoms with Gasteiger partial charge in [0.2, 0.25) is 0 Å². The third kappa shape index (κ3) is 7.14. The summed E-state index contributed by atoms with van der Waals surface area (Å²) in [6.07, 6.45) is 8.94. The fourth-order valence-electron chi connectivity index (χ4n) is 3.60. The lowest BCUT2D eigenvalue weighted by molar-refractivity contribution is -0.0721. The van der Waals surface area contributed by atoms with E-state index in [0.29, 0.717) is 18.1 Å². The molecule has 5 heteroatoms. The lowest BCUT2D eigenvalue weighted by Crippen LogP contribution is -2.47. The number of guanidine groups is 1. The SMILES string of the molecule is CCNC(=NCC(CC)CC)N1CCC(OCC2CCCCO2)CC1. The molecule has 2 aliphatic rings. The van der Waals surface area contributed by atoms with Gasteiger partial charge in [-0.3, -0.25) is 4.99 Å². The topological polar surface area (TPSA) is 46.1 Å². The molecule has 0 bridgehead atoms. The van der Waals surface area contributed by atoms with E-state index in [1.54, 1.807) is 0 Å². The molecule has 1 atom stereocenters. The van der Waals surface area contributed by atoms with Gasteiger partial charge in [0.1, 0.15) is 0 Å². The average Bonchev–Trinajstić information content (AvgIpc) is 2.67. The predicted molar refractivity (Wildman–Crippen MR) is 104 cm³/mol. The highest BCUT2D eigenvalue weighted by molar-refractivity contribution is 5.80. The van der Waals surface area contributed by atoms with Crippen LogP contribution in [-0.2, 0) is 9.47 Å². The fourth-order valence-corrected chi connectivity index (χ4v) is 3.60. The average molecular weight is 354 g/mol. The molecule has 0 radical (unpaired) electrons. The van der Waals surface area contributed by atoms with Gasteiger partial charge < -0.3 is 19.7 Å². The van der Waals surface area contributed by atoms with E-state index in [1.165, 1.54) is 25.7 Å². The number of likely N-dealkylation sites (tertiary alicyclic amines) is 1. The third-order valence-electron chi connectivity index (χ3n) is 5.52. The number of nitrogens with zero attached hydrogens (tertiary/aromatic N) is 2. The van der Waals surface area contributed by atoms with Gasteiger partial charge in [-0.1, -0.05) is 26.7 Å². The zero-order valence-corrected chi connectivity index (χ0v) is 16.6. The van der Waals surface area contributed by atoms with Crippen LogP contribution in [0.2, 0.25) is 0 Å². The molecule has 2 saturated heterocycles. The largest absolute Gasteiger partial charge is 0.376 e. The lowest BCUT2D eigenvalue weighted by Gasteiger charge is -2.35. The van der Waals surface area contributed by atoms with Gasteiger partial charge in [0.15, 0.2) is 5.96 Å². The highest BCUT2D eigenvalue weighted by Gasteiger charge is 2.23. The van der Waals surface area contributed by atoms with E-state index >= 15 is 0 Å². The van der Waals surface area contributed by atoms with Crippen LogP contribution in [0, 0.1) is 5.92 Å². The Morgan fingerprint density at radius 2 is 1.92 bits per heavy atom. The van der Waals surface area contributed by atoms with Gasteiger partial charge in [0.25, 0.3) is 0 Å². The van der Waals surface area contributed by atoms with Gasteiger partial charge in [0, 0.05) is 32.8 Å². The van der Waals surface area contributed by atoms with Crippen molar-refractivity contribution in [2.75, 3.05) is 39.4 Å². The molecule has 1 N–H and O–H groups in total. The first-order valence-corrected chi connectivity index (χ1v) is 10.5. The van der Waals surface area contributed by atoms with E-state index in [1.807, 2.05) is 0 Å². The summed E-state index contributed by atoms with van der Waals surface area (Å²) in [4.78, 5) is 7.30. The minimum atomic E-state index is 0.325. The van der Waals surface area contributed by atoms with E-state index in [4.69, 9.17) is 14.5 Å². The van der Waals surface area contributed by atoms with Gasteiger partial charge in [-0.25, -0.2) is 0 Å². The Hall–Kier alpha value is -0.810. The van der Waals surface area contributed by atoms with Gasteiger partial charge in [-0.2, -0.15) is 0 Å². The molecule has 2 heterocycles. The minimum Gasteiger partial charge on any atom is -0.376 e. The van der Waals surface area contributed by atoms with Gasteiger partial charge in [-0.15, -0.1) is 0 Å². The van der Waals surface area contributed by atoms with Crippen LogP contribution in [-0.4, -0.2) is 62.5 Å². The minimum absolute atomic E-state index is 0.325. The smallest absolute Gasteiger partial charge is 0.193 e. The van der Waals surface area contributed by atoms with Gasteiger partial charge in [0.05, 0.1) is 18.8 Å². The van der Waals surface area contributed by atoms with Crippen molar-refractivity contribution in [3.05, 3.63) is 0 Å². The molecular weight excluding hydrogens is 314 g/mol. The molecule has 25 heavy (non-hydrogen) atoms. The van der Waals surface area contributed by atoms with E-state index in [-0.39, 0.29) is 0 Å². The summed E-state index contributed by atoms with van der Waals surface area (Å²) in [6.45, 7) is 12.3. The highest BCUT2D eigenvalue weighted by Crippen LogP contribution is 2.18. The number of aliphatic imine (C=N–C) groups is 1. The number of piperidine rings is 1. The predicted octanol–water partition coefficient (Wildman–Crippen LogP) is 3.44. The summed E-state index contributed by atoms with van der Waals surface area (Å²) >= 11 is 0. The number of hydrogen-bond donors (Lipinski definition) is 1. The molecule has 1 unspecified atom stereocenters. The Labute approximate surface area is 154 Å². The fraction of sp³-hybridized carbons (Fsp3) is 0.950. The second-order valence-corrected chi connectivity index (χ2v) is 7.39. The molecule has 0 aliphatic carbocycles. The third-order valence-corrected chi connectivity index (χ3v) is 5.52. The summed E-state index contributed by atoms with van der Waals surface area (Å²) in [5, 5.41) is 3.47. The van der Waals surface area contributed by atoms with Crippen LogP contribution in [0.1, 0.15) is 65.7 Å². The zero-order valence-electron chi connectivity index (χ0n) is 16.6. The van der Waals surface area contributed by atoms with Crippen LogP contribution in [0.4, 0.5) is 0 Å². The van der Waals surface area contributed by atoms with Crippen molar-refractivity contribution in [3.8, 4) is 0 Å². The summed E-state index contributed by atoms with van der Waals surface area (Å²) in [5.41, 5.74) is 0. The Balaban J connectivity index is 1.74. The molecule has 0 aromatic carbocycles. The lowest BCUT2D eigenvalue weighted by atomic mass is 10.0. The second kappa shape index (κ2) is 11.7. The van der Waals surface area contributed by atoms with Crippen molar-refractivity contribution < 1.29 is 9.47 Å². The number of ether oxygens (including phenoxy) is 2. The number of nitrogens with one attached hydrogen (secondary N) is 1. The van der Waals surface area contributed by atoms with E-state index < -0.39 is 0 Å². The van der Waals surface area contributed by atoms with Gasteiger partial charge >= 0.3 is 0 Å². The summed E-state index contributed by atoms with van der Waals surface area (Å²) in [7, 11) is 0. The quantitative estimate of drug-likeness (QED) is 0.536. The molecule has 0 aromatic heterocycles. The molecule has 0 saturated carbocycles. The Bertz CT molecular complexity index is 371. The highest BCUT2D eigenvalue weighted by atomic mass is 16.5. The van der Waals surface area contributed by atoms with Crippen molar-refractivity contribution in [2.24, 2.45) is 10.9 Å². The molecular formula is C20H39N3O2. The number of rotatable bonds is 8. The van der Waals surface area contributed by atoms with Crippen molar-refractivity contribution in [3.63, 3.8) is 0 Å². The molecule has 0 aromatic rings. The van der Waals surface area contributed by atoms with Crippen LogP contribution in [0.15, 0.2) is 4.99 Å². The van der Waals surface area contributed by atoms with Crippen LogP contribution in [0.5, 0.6) is 0 Å². The Morgan fingerprint density at radius 1 is 1.16 bits per heavy atom. The van der Waals surface area contributed by atoms with E-state index in [0.717, 1.165) is 64.6 Å². The molecule has 2 aliphatic heterocycles. The maximum atomic E-state index is 6.13. The molecule has 2 rings (SSSR count). The Kier molecular flexibility index (Phi) is 9.63. The zero-order chi connectivity index (χ0) is 17.9. The van der Waals surface area contributed by atoms with Crippen LogP contribution in [0.3, 0.4) is 0 Å². The molecule has 146 valence electrons. The van der Waals surface area contributed by atoms with Crippen molar-refractivity contribution in [1.29, 1.82) is 0 Å².